The van der Waals surface area contributed by atoms with Crippen molar-refractivity contribution in [1.82, 2.24) is 10.2 Å². The average Bonchev–Trinajstić information content (AvgIpc) is 2.88. The lowest BCUT2D eigenvalue weighted by Crippen LogP contribution is -2.10. The first kappa shape index (κ1) is 18.0. The lowest BCUT2D eigenvalue weighted by Gasteiger charge is -2.17. The highest BCUT2D eigenvalue weighted by atomic mass is 19.1. The van der Waals surface area contributed by atoms with Gasteiger partial charge < -0.3 is 24.7 Å². The fraction of sp³-hybridized carbons (Fsp3) is 0.438. The standard InChI is InChI=1S/C16H22FN3O4/c1-10-14(16(18)20-19-10)12-8-11(17)9-13(23-6-4-21-2)15(12)24-7-5-22-3/h8-9H,4-7H2,1-3H3,(H3,18,19,20). The number of hydrogen-bond donors (Lipinski definition) is 2. The second kappa shape index (κ2) is 8.51. The van der Waals surface area contributed by atoms with Crippen LogP contribution in [-0.2, 0) is 9.47 Å². The SMILES string of the molecule is COCCOc1cc(F)cc(-c2c(N)n[nH]c2C)c1OCCOC. The van der Waals surface area contributed by atoms with Gasteiger partial charge in [-0.3, -0.25) is 5.10 Å². The molecule has 0 saturated carbocycles. The molecule has 2 rings (SSSR count). The second-order valence-electron chi connectivity index (χ2n) is 5.07. The van der Waals surface area contributed by atoms with Crippen molar-refractivity contribution in [2.45, 2.75) is 6.92 Å². The fourth-order valence-corrected chi connectivity index (χ4v) is 2.26. The molecule has 0 unspecified atom stereocenters. The first-order valence-electron chi connectivity index (χ1n) is 7.46. The average molecular weight is 339 g/mol. The van der Waals surface area contributed by atoms with Gasteiger partial charge in [-0.2, -0.15) is 5.10 Å². The first-order chi connectivity index (χ1) is 11.6. The summed E-state index contributed by atoms with van der Waals surface area (Å²) in [7, 11) is 3.13. The molecule has 24 heavy (non-hydrogen) atoms. The largest absolute Gasteiger partial charge is 0.487 e. The second-order valence-corrected chi connectivity index (χ2v) is 5.07. The van der Waals surface area contributed by atoms with Gasteiger partial charge in [0.15, 0.2) is 17.3 Å². The highest BCUT2D eigenvalue weighted by Crippen LogP contribution is 2.42. The third-order valence-electron chi connectivity index (χ3n) is 3.34. The number of nitrogen functional groups attached to an aromatic ring is 1. The number of aromatic nitrogens is 2. The van der Waals surface area contributed by atoms with Crippen LogP contribution in [0.15, 0.2) is 12.1 Å². The quantitative estimate of drug-likeness (QED) is 0.680. The Morgan fingerprint density at radius 3 is 2.33 bits per heavy atom. The third-order valence-corrected chi connectivity index (χ3v) is 3.34. The summed E-state index contributed by atoms with van der Waals surface area (Å²) in [6.07, 6.45) is 0. The Morgan fingerprint density at radius 2 is 1.75 bits per heavy atom. The molecular weight excluding hydrogens is 317 g/mol. The van der Waals surface area contributed by atoms with Crippen molar-refractivity contribution >= 4 is 5.82 Å². The van der Waals surface area contributed by atoms with Crippen molar-refractivity contribution in [2.75, 3.05) is 46.4 Å². The van der Waals surface area contributed by atoms with E-state index in [9.17, 15) is 4.39 Å². The molecule has 0 amide bonds. The molecule has 0 atom stereocenters. The van der Waals surface area contributed by atoms with Gasteiger partial charge in [0.05, 0.1) is 18.8 Å². The molecule has 0 fully saturated rings. The van der Waals surface area contributed by atoms with E-state index in [-0.39, 0.29) is 24.8 Å². The summed E-state index contributed by atoms with van der Waals surface area (Å²) in [6, 6.07) is 2.62. The van der Waals surface area contributed by atoms with E-state index in [4.69, 9.17) is 24.7 Å². The Hall–Kier alpha value is -2.32. The molecule has 0 saturated heterocycles. The number of anilines is 1. The minimum absolute atomic E-state index is 0.262. The minimum atomic E-state index is -0.462. The normalized spacial score (nSPS) is 10.8. The van der Waals surface area contributed by atoms with Gasteiger partial charge in [-0.05, 0) is 13.0 Å². The predicted octanol–water partition coefficient (Wildman–Crippen LogP) is 2.16. The molecule has 0 radical (unpaired) electrons. The number of benzene rings is 1. The van der Waals surface area contributed by atoms with Crippen molar-refractivity contribution < 1.29 is 23.3 Å². The Kier molecular flexibility index (Phi) is 6.39. The van der Waals surface area contributed by atoms with Crippen LogP contribution in [0.5, 0.6) is 11.5 Å². The number of halogens is 1. The maximum absolute atomic E-state index is 14.1. The number of aryl methyl sites for hydroxylation is 1. The summed E-state index contributed by atoms with van der Waals surface area (Å²) >= 11 is 0. The van der Waals surface area contributed by atoms with E-state index < -0.39 is 5.82 Å². The van der Waals surface area contributed by atoms with E-state index >= 15 is 0 Å². The maximum Gasteiger partial charge on any atom is 0.169 e. The van der Waals surface area contributed by atoms with E-state index in [0.29, 0.717) is 35.8 Å². The summed E-state index contributed by atoms with van der Waals surface area (Å²) in [5.74, 6) is 0.466. The molecule has 0 aliphatic heterocycles. The van der Waals surface area contributed by atoms with E-state index in [0.717, 1.165) is 0 Å². The molecule has 3 N–H and O–H groups in total. The van der Waals surface area contributed by atoms with Gasteiger partial charge in [-0.1, -0.05) is 0 Å². The smallest absolute Gasteiger partial charge is 0.169 e. The zero-order chi connectivity index (χ0) is 17.5. The number of aromatic amines is 1. The minimum Gasteiger partial charge on any atom is -0.487 e. The van der Waals surface area contributed by atoms with Gasteiger partial charge in [0.25, 0.3) is 0 Å². The van der Waals surface area contributed by atoms with Crippen LogP contribution in [0.2, 0.25) is 0 Å². The van der Waals surface area contributed by atoms with Crippen molar-refractivity contribution in [3.63, 3.8) is 0 Å². The van der Waals surface area contributed by atoms with Crippen molar-refractivity contribution in [1.29, 1.82) is 0 Å². The van der Waals surface area contributed by atoms with Gasteiger partial charge in [-0.15, -0.1) is 0 Å². The number of nitrogens with zero attached hydrogens (tertiary/aromatic N) is 1. The van der Waals surface area contributed by atoms with Crippen molar-refractivity contribution in [3.05, 3.63) is 23.6 Å². The number of H-pyrrole nitrogens is 1. The van der Waals surface area contributed by atoms with Crippen LogP contribution in [0.25, 0.3) is 11.1 Å². The van der Waals surface area contributed by atoms with Crippen LogP contribution < -0.4 is 15.2 Å². The van der Waals surface area contributed by atoms with Crippen LogP contribution in [0, 0.1) is 12.7 Å². The molecule has 0 bridgehead atoms. The number of hydrogen-bond acceptors (Lipinski definition) is 6. The first-order valence-corrected chi connectivity index (χ1v) is 7.46. The summed E-state index contributed by atoms with van der Waals surface area (Å²) in [6.45, 7) is 3.10. The van der Waals surface area contributed by atoms with E-state index in [2.05, 4.69) is 10.2 Å². The molecule has 1 aromatic heterocycles. The lowest BCUT2D eigenvalue weighted by atomic mass is 10.0. The topological polar surface area (TPSA) is 91.6 Å². The Morgan fingerprint density at radius 1 is 1.08 bits per heavy atom. The van der Waals surface area contributed by atoms with Gasteiger partial charge in [0, 0.05) is 31.5 Å². The zero-order valence-corrected chi connectivity index (χ0v) is 14.0. The van der Waals surface area contributed by atoms with Crippen LogP contribution in [0.3, 0.4) is 0 Å². The molecular formula is C16H22FN3O4. The molecule has 0 aliphatic rings. The molecule has 1 aromatic carbocycles. The number of rotatable bonds is 9. The van der Waals surface area contributed by atoms with Crippen LogP contribution in [0.1, 0.15) is 5.69 Å². The molecule has 1 heterocycles. The zero-order valence-electron chi connectivity index (χ0n) is 14.0. The van der Waals surface area contributed by atoms with Crippen LogP contribution in [-0.4, -0.2) is 50.8 Å². The summed E-state index contributed by atoms with van der Waals surface area (Å²) in [4.78, 5) is 0. The van der Waals surface area contributed by atoms with Gasteiger partial charge in [0.1, 0.15) is 19.0 Å². The fourth-order valence-electron chi connectivity index (χ4n) is 2.26. The van der Waals surface area contributed by atoms with Crippen LogP contribution in [0.4, 0.5) is 10.2 Å². The molecule has 8 heteroatoms. The number of ether oxygens (including phenoxy) is 4. The summed E-state index contributed by atoms with van der Waals surface area (Å²) in [5.41, 5.74) is 7.68. The van der Waals surface area contributed by atoms with Crippen molar-refractivity contribution in [3.8, 4) is 22.6 Å². The number of nitrogens with one attached hydrogen (secondary N) is 1. The van der Waals surface area contributed by atoms with Gasteiger partial charge in [-0.25, -0.2) is 4.39 Å². The Labute approximate surface area is 139 Å². The Balaban J connectivity index is 2.46. The summed E-state index contributed by atoms with van der Waals surface area (Å²) < 4.78 is 35.4. The van der Waals surface area contributed by atoms with E-state index in [1.54, 1.807) is 21.1 Å². The maximum atomic E-state index is 14.1. The molecule has 0 aliphatic carbocycles. The van der Waals surface area contributed by atoms with Crippen molar-refractivity contribution in [2.24, 2.45) is 0 Å². The van der Waals surface area contributed by atoms with Gasteiger partial charge >= 0.3 is 0 Å². The van der Waals surface area contributed by atoms with E-state index in [1.807, 2.05) is 0 Å². The molecule has 0 spiro atoms. The van der Waals surface area contributed by atoms with Crippen LogP contribution >= 0.6 is 0 Å². The Bertz CT molecular complexity index is 656. The highest BCUT2D eigenvalue weighted by Gasteiger charge is 2.21. The molecule has 2 aromatic rings. The van der Waals surface area contributed by atoms with E-state index in [1.165, 1.54) is 12.1 Å². The number of nitrogens with two attached hydrogens (primary N) is 1. The number of methoxy groups -OCH3 is 2. The monoisotopic (exact) mass is 339 g/mol. The van der Waals surface area contributed by atoms with Gasteiger partial charge in [0.2, 0.25) is 0 Å². The lowest BCUT2D eigenvalue weighted by molar-refractivity contribution is 0.132. The predicted molar refractivity (Wildman–Crippen MR) is 87.9 cm³/mol. The summed E-state index contributed by atoms with van der Waals surface area (Å²) in [5, 5.41) is 6.74. The molecule has 132 valence electrons. The highest BCUT2D eigenvalue weighted by molar-refractivity contribution is 5.82. The molecule has 7 nitrogen and oxygen atoms in total. The third kappa shape index (κ3) is 4.15.